The van der Waals surface area contributed by atoms with Crippen LogP contribution in [0.3, 0.4) is 0 Å². The Bertz CT molecular complexity index is 738. The largest absolute Gasteiger partial charge is 0.405 e. The highest BCUT2D eigenvalue weighted by molar-refractivity contribution is 7.10. The van der Waals surface area contributed by atoms with E-state index in [9.17, 15) is 22.8 Å². The van der Waals surface area contributed by atoms with Crippen LogP contribution in [0, 0.1) is 0 Å². The Morgan fingerprint density at radius 3 is 2.44 bits per heavy atom. The molecule has 2 N–H and O–H groups in total. The molecule has 8 heteroatoms. The Hall–Kier alpha value is -2.61. The lowest BCUT2D eigenvalue weighted by molar-refractivity contribution is -0.138. The molecule has 0 fully saturated rings. The number of nitrogens with one attached hydrogen (secondary N) is 2. The first-order valence-electron chi connectivity index (χ1n) is 7.27. The Balaban J connectivity index is 1.83. The van der Waals surface area contributed by atoms with Crippen LogP contribution in [0.25, 0.3) is 6.08 Å². The third kappa shape index (κ3) is 7.21. The number of amides is 2. The first-order valence-corrected chi connectivity index (χ1v) is 8.15. The molecule has 0 atom stereocenters. The van der Waals surface area contributed by atoms with Crippen LogP contribution < -0.4 is 10.6 Å². The first kappa shape index (κ1) is 18.7. The maximum absolute atomic E-state index is 12.0. The van der Waals surface area contributed by atoms with Crippen molar-refractivity contribution in [3.8, 4) is 0 Å². The van der Waals surface area contributed by atoms with Gasteiger partial charge in [0.2, 0.25) is 11.8 Å². The number of halogens is 3. The summed E-state index contributed by atoms with van der Waals surface area (Å²) in [5.41, 5.74) is 1.08. The molecule has 0 aliphatic heterocycles. The van der Waals surface area contributed by atoms with Gasteiger partial charge in [-0.3, -0.25) is 9.59 Å². The summed E-state index contributed by atoms with van der Waals surface area (Å²) in [6.45, 7) is -1.35. The summed E-state index contributed by atoms with van der Waals surface area (Å²) < 4.78 is 36.1. The summed E-state index contributed by atoms with van der Waals surface area (Å²) >= 11 is 1.51. The minimum Gasteiger partial charge on any atom is -0.347 e. The first-order chi connectivity index (χ1) is 11.8. The van der Waals surface area contributed by atoms with Gasteiger partial charge in [-0.25, -0.2) is 0 Å². The predicted molar refractivity (Wildman–Crippen MR) is 91.2 cm³/mol. The summed E-state index contributed by atoms with van der Waals surface area (Å²) in [5.74, 6) is -1.02. The third-order valence-electron chi connectivity index (χ3n) is 3.01. The molecule has 2 amide bonds. The van der Waals surface area contributed by atoms with E-state index in [1.54, 1.807) is 35.7 Å². The zero-order chi connectivity index (χ0) is 18.3. The van der Waals surface area contributed by atoms with E-state index in [0.29, 0.717) is 11.3 Å². The molecule has 2 rings (SSSR count). The number of thiophene rings is 1. The van der Waals surface area contributed by atoms with E-state index in [-0.39, 0.29) is 12.3 Å². The van der Waals surface area contributed by atoms with E-state index in [2.05, 4.69) is 5.32 Å². The fourth-order valence-electron chi connectivity index (χ4n) is 1.88. The second-order valence-electron chi connectivity index (χ2n) is 5.10. The number of alkyl halides is 3. The quantitative estimate of drug-likeness (QED) is 0.765. The summed E-state index contributed by atoms with van der Waals surface area (Å²) in [7, 11) is 0. The highest BCUT2D eigenvalue weighted by Crippen LogP contribution is 2.14. The topological polar surface area (TPSA) is 58.2 Å². The van der Waals surface area contributed by atoms with Gasteiger partial charge in [-0.15, -0.1) is 11.3 Å². The fraction of sp³-hybridized carbons (Fsp3) is 0.176. The molecule has 0 saturated carbocycles. The molecule has 0 saturated heterocycles. The zero-order valence-corrected chi connectivity index (χ0v) is 13.8. The van der Waals surface area contributed by atoms with Crippen molar-refractivity contribution in [3.05, 3.63) is 58.3 Å². The van der Waals surface area contributed by atoms with E-state index in [1.807, 2.05) is 17.5 Å². The van der Waals surface area contributed by atoms with Crippen molar-refractivity contribution in [2.75, 3.05) is 11.9 Å². The maximum atomic E-state index is 12.0. The van der Waals surface area contributed by atoms with Gasteiger partial charge < -0.3 is 10.6 Å². The smallest absolute Gasteiger partial charge is 0.347 e. The molecule has 1 heterocycles. The van der Waals surface area contributed by atoms with Gasteiger partial charge in [0.05, 0.1) is 6.42 Å². The predicted octanol–water partition coefficient (Wildman–Crippen LogP) is 3.62. The van der Waals surface area contributed by atoms with E-state index in [4.69, 9.17) is 0 Å². The second kappa shape index (κ2) is 8.48. The second-order valence-corrected chi connectivity index (χ2v) is 6.08. The lowest BCUT2D eigenvalue weighted by Gasteiger charge is -2.08. The van der Waals surface area contributed by atoms with Gasteiger partial charge in [0.1, 0.15) is 6.54 Å². The van der Waals surface area contributed by atoms with Crippen molar-refractivity contribution in [2.45, 2.75) is 12.6 Å². The zero-order valence-electron chi connectivity index (χ0n) is 13.0. The molecule has 0 bridgehead atoms. The lowest BCUT2D eigenvalue weighted by Crippen LogP contribution is -2.34. The van der Waals surface area contributed by atoms with E-state index in [1.165, 1.54) is 17.4 Å². The van der Waals surface area contributed by atoms with Crippen molar-refractivity contribution in [1.82, 2.24) is 5.32 Å². The van der Waals surface area contributed by atoms with E-state index in [0.717, 1.165) is 4.88 Å². The Labute approximate surface area is 146 Å². The number of hydrogen-bond acceptors (Lipinski definition) is 3. The Morgan fingerprint density at radius 2 is 1.84 bits per heavy atom. The number of carbonyl (C=O) groups excluding carboxylic acids is 2. The van der Waals surface area contributed by atoms with Crippen molar-refractivity contribution < 1.29 is 22.8 Å². The summed E-state index contributed by atoms with van der Waals surface area (Å²) in [4.78, 5) is 24.2. The molecular weight excluding hydrogens is 353 g/mol. The minimum atomic E-state index is -4.43. The van der Waals surface area contributed by atoms with Gasteiger partial charge in [0.15, 0.2) is 0 Å². The minimum absolute atomic E-state index is 0.164. The fourth-order valence-corrected chi connectivity index (χ4v) is 2.50. The van der Waals surface area contributed by atoms with Crippen LogP contribution in [0.5, 0.6) is 0 Å². The van der Waals surface area contributed by atoms with Gasteiger partial charge in [0.25, 0.3) is 0 Å². The van der Waals surface area contributed by atoms with Crippen LogP contribution in [0.1, 0.15) is 10.4 Å². The van der Waals surface area contributed by atoms with Gasteiger partial charge in [0, 0.05) is 16.6 Å². The molecule has 1 aromatic heterocycles. The monoisotopic (exact) mass is 368 g/mol. The van der Waals surface area contributed by atoms with Crippen LogP contribution >= 0.6 is 11.3 Å². The molecule has 0 unspecified atom stereocenters. The lowest BCUT2D eigenvalue weighted by atomic mass is 10.1. The van der Waals surface area contributed by atoms with Gasteiger partial charge in [-0.1, -0.05) is 18.2 Å². The SMILES string of the molecule is O=C(C=Cc1cccs1)Nc1ccc(CC(=O)NCC(F)(F)F)cc1. The molecule has 4 nitrogen and oxygen atoms in total. The molecular formula is C17H15F3N2O2S. The average molecular weight is 368 g/mol. The highest BCUT2D eigenvalue weighted by Gasteiger charge is 2.27. The van der Waals surface area contributed by atoms with Gasteiger partial charge in [-0.2, -0.15) is 13.2 Å². The number of benzene rings is 1. The standard InChI is InChI=1S/C17H15F3N2O2S/c18-17(19,20)11-21-16(24)10-12-3-5-13(6-4-12)22-15(23)8-7-14-2-1-9-25-14/h1-9H,10-11H2,(H,21,24)(H,22,23). The number of anilines is 1. The van der Waals surface area contributed by atoms with Crippen LogP contribution in [-0.2, 0) is 16.0 Å². The van der Waals surface area contributed by atoms with Crippen LogP contribution in [0.15, 0.2) is 47.9 Å². The van der Waals surface area contributed by atoms with Crippen LogP contribution in [-0.4, -0.2) is 24.5 Å². The maximum Gasteiger partial charge on any atom is 0.405 e. The summed E-state index contributed by atoms with van der Waals surface area (Å²) in [6, 6.07) is 10.1. The normalized spacial score (nSPS) is 11.5. The van der Waals surface area contributed by atoms with Crippen molar-refractivity contribution in [1.29, 1.82) is 0 Å². The average Bonchev–Trinajstić information content (AvgIpc) is 3.06. The molecule has 0 aliphatic carbocycles. The van der Waals surface area contributed by atoms with Crippen LogP contribution in [0.4, 0.5) is 18.9 Å². The van der Waals surface area contributed by atoms with Crippen molar-refractivity contribution in [2.24, 2.45) is 0 Å². The number of hydrogen-bond donors (Lipinski definition) is 2. The van der Waals surface area contributed by atoms with Gasteiger partial charge in [-0.05, 0) is 35.2 Å². The molecule has 1 aromatic carbocycles. The Kier molecular flexibility index (Phi) is 6.35. The number of rotatable bonds is 6. The molecule has 2 aromatic rings. The summed E-state index contributed by atoms with van der Waals surface area (Å²) in [6.07, 6.45) is -1.49. The van der Waals surface area contributed by atoms with Gasteiger partial charge >= 0.3 is 6.18 Å². The molecule has 132 valence electrons. The van der Waals surface area contributed by atoms with Crippen molar-refractivity contribution in [3.63, 3.8) is 0 Å². The summed E-state index contributed by atoms with van der Waals surface area (Å²) in [5, 5.41) is 6.37. The van der Waals surface area contributed by atoms with Crippen LogP contribution in [0.2, 0.25) is 0 Å². The van der Waals surface area contributed by atoms with Crippen molar-refractivity contribution >= 4 is 34.9 Å². The number of carbonyl (C=O) groups is 2. The molecule has 0 aliphatic rings. The Morgan fingerprint density at radius 1 is 1.12 bits per heavy atom. The molecule has 25 heavy (non-hydrogen) atoms. The third-order valence-corrected chi connectivity index (χ3v) is 3.85. The molecule has 0 radical (unpaired) electrons. The van der Waals surface area contributed by atoms with E-state index >= 15 is 0 Å². The molecule has 0 spiro atoms. The highest BCUT2D eigenvalue weighted by atomic mass is 32.1. The van der Waals surface area contributed by atoms with E-state index < -0.39 is 18.6 Å².